The molecule has 19 heavy (non-hydrogen) atoms. The van der Waals surface area contributed by atoms with Crippen molar-refractivity contribution in [1.82, 2.24) is 0 Å². The summed E-state index contributed by atoms with van der Waals surface area (Å²) in [5.74, 6) is 0. The standard InChI is InChI=1S/C17H19NS/c1-4-13-9-10-15-17(11-13)19-16-8-6-5-7-14(16)18(15)12(2)3/h5-12H,4H2,1-3H3. The molecule has 0 spiro atoms. The highest BCUT2D eigenvalue weighted by Crippen LogP contribution is 2.49. The number of aryl methyl sites for hydroxylation is 1. The van der Waals surface area contributed by atoms with Crippen molar-refractivity contribution in [3.8, 4) is 0 Å². The minimum atomic E-state index is 0.466. The van der Waals surface area contributed by atoms with Crippen LogP contribution in [0.5, 0.6) is 0 Å². The fraction of sp³-hybridized carbons (Fsp3) is 0.294. The maximum atomic E-state index is 2.45. The average Bonchev–Trinajstić information content (AvgIpc) is 2.43. The van der Waals surface area contributed by atoms with Crippen LogP contribution >= 0.6 is 11.8 Å². The molecule has 2 aromatic rings. The summed E-state index contributed by atoms with van der Waals surface area (Å²) < 4.78 is 0. The van der Waals surface area contributed by atoms with E-state index >= 15 is 0 Å². The number of nitrogens with zero attached hydrogens (tertiary/aromatic N) is 1. The van der Waals surface area contributed by atoms with Crippen LogP contribution in [0.25, 0.3) is 0 Å². The van der Waals surface area contributed by atoms with Crippen LogP contribution in [-0.2, 0) is 6.42 Å². The number of anilines is 2. The van der Waals surface area contributed by atoms with E-state index in [4.69, 9.17) is 0 Å². The van der Waals surface area contributed by atoms with E-state index in [1.807, 2.05) is 11.8 Å². The van der Waals surface area contributed by atoms with Gasteiger partial charge in [0.1, 0.15) is 0 Å². The molecule has 0 aliphatic carbocycles. The van der Waals surface area contributed by atoms with Crippen molar-refractivity contribution < 1.29 is 0 Å². The Morgan fingerprint density at radius 1 is 1.00 bits per heavy atom. The van der Waals surface area contributed by atoms with E-state index < -0.39 is 0 Å². The number of rotatable bonds is 2. The topological polar surface area (TPSA) is 3.24 Å². The minimum Gasteiger partial charge on any atom is -0.337 e. The summed E-state index contributed by atoms with van der Waals surface area (Å²) in [6.07, 6.45) is 1.09. The average molecular weight is 269 g/mol. The fourth-order valence-electron chi connectivity index (χ4n) is 2.61. The van der Waals surface area contributed by atoms with Crippen LogP contribution in [0, 0.1) is 0 Å². The first-order valence-corrected chi connectivity index (χ1v) is 7.71. The maximum Gasteiger partial charge on any atom is 0.0555 e. The Bertz CT molecular complexity index is 604. The number of hydrogen-bond donors (Lipinski definition) is 0. The number of para-hydroxylation sites is 1. The molecule has 0 unspecified atom stereocenters. The zero-order valence-electron chi connectivity index (χ0n) is 11.7. The molecular formula is C17H19NS. The molecule has 0 atom stereocenters. The van der Waals surface area contributed by atoms with Gasteiger partial charge in [-0.1, -0.05) is 36.9 Å². The highest BCUT2D eigenvalue weighted by Gasteiger charge is 2.24. The molecule has 0 aromatic heterocycles. The molecule has 0 saturated carbocycles. The molecule has 1 nitrogen and oxygen atoms in total. The Morgan fingerprint density at radius 2 is 1.74 bits per heavy atom. The molecule has 1 aliphatic rings. The van der Waals surface area contributed by atoms with Crippen molar-refractivity contribution in [2.24, 2.45) is 0 Å². The Kier molecular flexibility index (Phi) is 3.28. The van der Waals surface area contributed by atoms with Crippen molar-refractivity contribution in [1.29, 1.82) is 0 Å². The summed E-state index contributed by atoms with van der Waals surface area (Å²) in [5.41, 5.74) is 4.09. The van der Waals surface area contributed by atoms with Gasteiger partial charge in [0, 0.05) is 15.8 Å². The zero-order chi connectivity index (χ0) is 13.4. The third kappa shape index (κ3) is 2.14. The lowest BCUT2D eigenvalue weighted by Crippen LogP contribution is -2.28. The van der Waals surface area contributed by atoms with Gasteiger partial charge >= 0.3 is 0 Å². The van der Waals surface area contributed by atoms with Gasteiger partial charge in [0.25, 0.3) is 0 Å². The van der Waals surface area contributed by atoms with Gasteiger partial charge in [-0.2, -0.15) is 0 Å². The van der Waals surface area contributed by atoms with Gasteiger partial charge in [-0.05, 0) is 50.1 Å². The largest absolute Gasteiger partial charge is 0.337 e. The van der Waals surface area contributed by atoms with Gasteiger partial charge in [0.15, 0.2) is 0 Å². The molecule has 1 aliphatic heterocycles. The molecule has 0 N–H and O–H groups in total. The van der Waals surface area contributed by atoms with E-state index in [1.165, 1.54) is 26.7 Å². The highest BCUT2D eigenvalue weighted by atomic mass is 32.2. The second-order valence-electron chi connectivity index (χ2n) is 5.19. The van der Waals surface area contributed by atoms with Gasteiger partial charge < -0.3 is 4.90 Å². The molecule has 0 fully saturated rings. The molecule has 0 saturated heterocycles. The maximum absolute atomic E-state index is 2.45. The van der Waals surface area contributed by atoms with E-state index in [2.05, 4.69) is 68.1 Å². The van der Waals surface area contributed by atoms with Crippen molar-refractivity contribution in [3.05, 3.63) is 48.0 Å². The lowest BCUT2D eigenvalue weighted by Gasteiger charge is -2.36. The molecular weight excluding hydrogens is 250 g/mol. The number of fused-ring (bicyclic) bond motifs is 2. The molecule has 0 bridgehead atoms. The van der Waals surface area contributed by atoms with Crippen LogP contribution in [0.3, 0.4) is 0 Å². The predicted octanol–water partition coefficient (Wildman–Crippen LogP) is 5.26. The quantitative estimate of drug-likeness (QED) is 0.731. The smallest absolute Gasteiger partial charge is 0.0555 e. The molecule has 0 amide bonds. The molecule has 3 rings (SSSR count). The van der Waals surface area contributed by atoms with Gasteiger partial charge in [-0.25, -0.2) is 0 Å². The van der Waals surface area contributed by atoms with E-state index in [1.54, 1.807) is 0 Å². The monoisotopic (exact) mass is 269 g/mol. The van der Waals surface area contributed by atoms with Crippen molar-refractivity contribution in [2.75, 3.05) is 4.90 Å². The van der Waals surface area contributed by atoms with Gasteiger partial charge in [-0.15, -0.1) is 0 Å². The zero-order valence-corrected chi connectivity index (χ0v) is 12.5. The van der Waals surface area contributed by atoms with E-state index in [0.29, 0.717) is 6.04 Å². The van der Waals surface area contributed by atoms with Crippen molar-refractivity contribution in [2.45, 2.75) is 43.0 Å². The predicted molar refractivity (Wildman–Crippen MR) is 83.7 cm³/mol. The van der Waals surface area contributed by atoms with Crippen LogP contribution in [-0.4, -0.2) is 6.04 Å². The Labute approximate surface area is 119 Å². The lowest BCUT2D eigenvalue weighted by molar-refractivity contribution is 0.772. The second-order valence-corrected chi connectivity index (χ2v) is 6.27. The summed E-state index contributed by atoms with van der Waals surface area (Å²) in [4.78, 5) is 5.18. The van der Waals surface area contributed by atoms with Crippen molar-refractivity contribution >= 4 is 23.1 Å². The van der Waals surface area contributed by atoms with Crippen LogP contribution in [0.4, 0.5) is 11.4 Å². The van der Waals surface area contributed by atoms with Gasteiger partial charge in [-0.3, -0.25) is 0 Å². The summed E-state index contributed by atoms with van der Waals surface area (Å²) in [5, 5.41) is 0. The Morgan fingerprint density at radius 3 is 2.47 bits per heavy atom. The Hall–Kier alpha value is -1.41. The highest BCUT2D eigenvalue weighted by molar-refractivity contribution is 7.99. The summed E-state index contributed by atoms with van der Waals surface area (Å²) in [7, 11) is 0. The molecule has 1 heterocycles. The number of benzene rings is 2. The normalized spacial score (nSPS) is 13.4. The van der Waals surface area contributed by atoms with Crippen LogP contribution in [0.1, 0.15) is 26.3 Å². The molecule has 0 radical (unpaired) electrons. The van der Waals surface area contributed by atoms with Crippen molar-refractivity contribution in [3.63, 3.8) is 0 Å². The summed E-state index contributed by atoms with van der Waals surface area (Å²) in [6.45, 7) is 6.72. The second kappa shape index (κ2) is 4.93. The number of hydrogen-bond acceptors (Lipinski definition) is 2. The Balaban J connectivity index is 2.16. The van der Waals surface area contributed by atoms with Crippen LogP contribution in [0.2, 0.25) is 0 Å². The first kappa shape index (κ1) is 12.6. The third-order valence-electron chi connectivity index (χ3n) is 3.55. The van der Waals surface area contributed by atoms with E-state index in [-0.39, 0.29) is 0 Å². The summed E-state index contributed by atoms with van der Waals surface area (Å²) >= 11 is 1.89. The fourth-order valence-corrected chi connectivity index (χ4v) is 3.74. The van der Waals surface area contributed by atoms with Crippen LogP contribution < -0.4 is 4.90 Å². The first-order valence-electron chi connectivity index (χ1n) is 6.89. The first-order chi connectivity index (χ1) is 9.20. The van der Waals surface area contributed by atoms with Gasteiger partial charge in [0.05, 0.1) is 11.4 Å². The SMILES string of the molecule is CCc1ccc2c(c1)Sc1ccccc1N2C(C)C. The van der Waals surface area contributed by atoms with Crippen LogP contribution in [0.15, 0.2) is 52.3 Å². The molecule has 2 aromatic carbocycles. The van der Waals surface area contributed by atoms with Gasteiger partial charge in [0.2, 0.25) is 0 Å². The lowest BCUT2D eigenvalue weighted by atomic mass is 10.1. The summed E-state index contributed by atoms with van der Waals surface area (Å²) in [6, 6.07) is 16.0. The molecule has 98 valence electrons. The molecule has 2 heteroatoms. The third-order valence-corrected chi connectivity index (χ3v) is 4.67. The minimum absolute atomic E-state index is 0.466. The van der Waals surface area contributed by atoms with E-state index in [0.717, 1.165) is 6.42 Å². The van der Waals surface area contributed by atoms with E-state index in [9.17, 15) is 0 Å².